The molecule has 22 heavy (non-hydrogen) atoms. The van der Waals surface area contributed by atoms with Crippen LogP contribution in [0.25, 0.3) is 0 Å². The Bertz CT molecular complexity index is 495. The number of hydrogen-bond acceptors (Lipinski definition) is 4. The van der Waals surface area contributed by atoms with E-state index >= 15 is 0 Å². The van der Waals surface area contributed by atoms with Crippen LogP contribution in [0.5, 0.6) is 5.75 Å². The van der Waals surface area contributed by atoms with Gasteiger partial charge in [-0.25, -0.2) is 4.79 Å². The topological polar surface area (TPSA) is 70.6 Å². The molecular formula is C17H28N2O3. The van der Waals surface area contributed by atoms with Gasteiger partial charge in [0.05, 0.1) is 0 Å². The Hall–Kier alpha value is -1.75. The Kier molecular flexibility index (Phi) is 6.68. The fraction of sp³-hybridized carbons (Fsp3) is 0.588. The van der Waals surface area contributed by atoms with Crippen molar-refractivity contribution in [2.75, 3.05) is 6.54 Å². The molecule has 1 rings (SSSR count). The number of carbonyl (C=O) groups excluding carboxylic acids is 1. The molecule has 0 spiro atoms. The van der Waals surface area contributed by atoms with Crippen LogP contribution < -0.4 is 10.6 Å². The van der Waals surface area contributed by atoms with Crippen molar-refractivity contribution in [3.05, 3.63) is 29.3 Å². The number of amides is 1. The average Bonchev–Trinajstić information content (AvgIpc) is 2.41. The highest BCUT2D eigenvalue weighted by Gasteiger charge is 2.17. The van der Waals surface area contributed by atoms with E-state index in [1.54, 1.807) is 0 Å². The average molecular weight is 308 g/mol. The van der Waals surface area contributed by atoms with E-state index in [0.717, 1.165) is 17.5 Å². The predicted molar refractivity (Wildman–Crippen MR) is 88.0 cm³/mol. The van der Waals surface area contributed by atoms with E-state index in [2.05, 4.69) is 10.6 Å². The van der Waals surface area contributed by atoms with Crippen molar-refractivity contribution >= 4 is 6.09 Å². The van der Waals surface area contributed by atoms with E-state index in [-0.39, 0.29) is 6.04 Å². The van der Waals surface area contributed by atoms with Gasteiger partial charge < -0.3 is 20.5 Å². The molecule has 5 nitrogen and oxygen atoms in total. The zero-order valence-corrected chi connectivity index (χ0v) is 14.2. The van der Waals surface area contributed by atoms with Crippen molar-refractivity contribution in [3.8, 4) is 5.75 Å². The Balaban J connectivity index is 2.45. The van der Waals surface area contributed by atoms with Gasteiger partial charge in [-0.3, -0.25) is 0 Å². The van der Waals surface area contributed by atoms with Gasteiger partial charge in [-0.15, -0.1) is 0 Å². The van der Waals surface area contributed by atoms with E-state index in [1.165, 1.54) is 0 Å². The number of phenols is 1. The zero-order chi connectivity index (χ0) is 16.8. The summed E-state index contributed by atoms with van der Waals surface area (Å²) in [6.45, 7) is 10.5. The highest BCUT2D eigenvalue weighted by Crippen LogP contribution is 2.21. The Morgan fingerprint density at radius 2 is 2.05 bits per heavy atom. The highest BCUT2D eigenvalue weighted by molar-refractivity contribution is 5.67. The molecule has 0 saturated carbocycles. The van der Waals surface area contributed by atoms with Gasteiger partial charge in [0.25, 0.3) is 0 Å². The minimum Gasteiger partial charge on any atom is -0.507 e. The SMILES string of the molecule is CCC(CNC(=O)OC(C)(C)C)NCc1cccc(C)c1O. The van der Waals surface area contributed by atoms with Gasteiger partial charge >= 0.3 is 6.09 Å². The second-order valence-electron chi connectivity index (χ2n) is 6.45. The van der Waals surface area contributed by atoms with E-state index in [9.17, 15) is 9.90 Å². The molecule has 3 N–H and O–H groups in total. The summed E-state index contributed by atoms with van der Waals surface area (Å²) in [5.74, 6) is 0.324. The Labute approximate surface area is 133 Å². The highest BCUT2D eigenvalue weighted by atomic mass is 16.6. The van der Waals surface area contributed by atoms with Crippen LogP contribution in [0.4, 0.5) is 4.79 Å². The quantitative estimate of drug-likeness (QED) is 0.755. The molecule has 0 saturated heterocycles. The smallest absolute Gasteiger partial charge is 0.407 e. The number of para-hydroxylation sites is 1. The second kappa shape index (κ2) is 8.03. The molecule has 0 aliphatic heterocycles. The van der Waals surface area contributed by atoms with Gasteiger partial charge in [-0.05, 0) is 39.7 Å². The third kappa shape index (κ3) is 6.35. The number of aromatic hydroxyl groups is 1. The molecule has 1 unspecified atom stereocenters. The van der Waals surface area contributed by atoms with Gasteiger partial charge in [0.2, 0.25) is 0 Å². The summed E-state index contributed by atoms with van der Waals surface area (Å²) < 4.78 is 5.21. The van der Waals surface area contributed by atoms with Gasteiger partial charge in [-0.1, -0.05) is 25.1 Å². The number of alkyl carbamates (subject to hydrolysis) is 1. The largest absolute Gasteiger partial charge is 0.507 e. The maximum Gasteiger partial charge on any atom is 0.407 e. The van der Waals surface area contributed by atoms with Crippen LogP contribution in [0.15, 0.2) is 18.2 Å². The summed E-state index contributed by atoms with van der Waals surface area (Å²) in [6.07, 6.45) is 0.452. The van der Waals surface area contributed by atoms with Crippen LogP contribution in [-0.2, 0) is 11.3 Å². The van der Waals surface area contributed by atoms with Crippen molar-refractivity contribution in [2.45, 2.75) is 59.2 Å². The molecule has 5 heteroatoms. The summed E-state index contributed by atoms with van der Waals surface area (Å²) in [4.78, 5) is 11.7. The van der Waals surface area contributed by atoms with Gasteiger partial charge in [0.15, 0.2) is 0 Å². The predicted octanol–water partition coefficient (Wildman–Crippen LogP) is 3.09. The summed E-state index contributed by atoms with van der Waals surface area (Å²) in [7, 11) is 0. The molecule has 0 heterocycles. The van der Waals surface area contributed by atoms with Crippen molar-refractivity contribution in [2.24, 2.45) is 0 Å². The normalized spacial score (nSPS) is 12.8. The van der Waals surface area contributed by atoms with E-state index in [4.69, 9.17) is 4.74 Å². The zero-order valence-electron chi connectivity index (χ0n) is 14.2. The first-order chi connectivity index (χ1) is 10.2. The lowest BCUT2D eigenvalue weighted by Crippen LogP contribution is -2.42. The molecule has 1 amide bonds. The van der Waals surface area contributed by atoms with Crippen LogP contribution in [0, 0.1) is 6.92 Å². The van der Waals surface area contributed by atoms with Crippen LogP contribution in [0.3, 0.4) is 0 Å². The number of ether oxygens (including phenoxy) is 1. The number of carbonyl (C=O) groups is 1. The molecular weight excluding hydrogens is 280 g/mol. The van der Waals surface area contributed by atoms with Crippen LogP contribution in [0.2, 0.25) is 0 Å². The van der Waals surface area contributed by atoms with Gasteiger partial charge in [0, 0.05) is 24.7 Å². The molecule has 0 aromatic heterocycles. The fourth-order valence-electron chi connectivity index (χ4n) is 2.00. The van der Waals surface area contributed by atoms with E-state index < -0.39 is 11.7 Å². The molecule has 1 aromatic carbocycles. The third-order valence-corrected chi connectivity index (χ3v) is 3.29. The lowest BCUT2D eigenvalue weighted by atomic mass is 10.1. The minimum absolute atomic E-state index is 0.118. The Morgan fingerprint density at radius 3 is 2.64 bits per heavy atom. The summed E-state index contributed by atoms with van der Waals surface area (Å²) >= 11 is 0. The summed E-state index contributed by atoms with van der Waals surface area (Å²) in [6, 6.07) is 5.81. The lowest BCUT2D eigenvalue weighted by molar-refractivity contribution is 0.0522. The number of phenolic OH excluding ortho intramolecular Hbond substituents is 1. The van der Waals surface area contributed by atoms with Gasteiger partial charge in [0.1, 0.15) is 11.4 Å². The molecule has 1 aromatic rings. The molecule has 0 bridgehead atoms. The van der Waals surface area contributed by atoms with E-state index in [0.29, 0.717) is 18.8 Å². The molecule has 124 valence electrons. The van der Waals surface area contributed by atoms with Crippen molar-refractivity contribution < 1.29 is 14.6 Å². The maximum atomic E-state index is 11.7. The van der Waals surface area contributed by atoms with Crippen LogP contribution in [0.1, 0.15) is 45.2 Å². The molecule has 0 aliphatic rings. The van der Waals surface area contributed by atoms with Crippen molar-refractivity contribution in [3.63, 3.8) is 0 Å². The lowest BCUT2D eigenvalue weighted by Gasteiger charge is -2.22. The van der Waals surface area contributed by atoms with Crippen LogP contribution >= 0.6 is 0 Å². The number of aryl methyl sites for hydroxylation is 1. The van der Waals surface area contributed by atoms with E-state index in [1.807, 2.05) is 52.8 Å². The van der Waals surface area contributed by atoms with Gasteiger partial charge in [-0.2, -0.15) is 0 Å². The fourth-order valence-corrected chi connectivity index (χ4v) is 2.00. The minimum atomic E-state index is -0.493. The number of hydrogen-bond donors (Lipinski definition) is 3. The van der Waals surface area contributed by atoms with Crippen molar-refractivity contribution in [1.29, 1.82) is 0 Å². The second-order valence-corrected chi connectivity index (χ2v) is 6.45. The molecule has 0 radical (unpaired) electrons. The molecule has 0 fully saturated rings. The number of rotatable bonds is 6. The first kappa shape index (κ1) is 18.3. The monoisotopic (exact) mass is 308 g/mol. The standard InChI is InChI=1S/C17H28N2O3/c1-6-14(11-19-16(21)22-17(3,4)5)18-10-13-9-7-8-12(2)15(13)20/h7-9,14,18,20H,6,10-11H2,1-5H3,(H,19,21). The Morgan fingerprint density at radius 1 is 1.36 bits per heavy atom. The van der Waals surface area contributed by atoms with Crippen LogP contribution in [-0.4, -0.2) is 29.4 Å². The summed E-state index contributed by atoms with van der Waals surface area (Å²) in [5, 5.41) is 16.1. The third-order valence-electron chi connectivity index (χ3n) is 3.29. The number of nitrogens with one attached hydrogen (secondary N) is 2. The maximum absolute atomic E-state index is 11.7. The molecule has 1 atom stereocenters. The first-order valence-electron chi connectivity index (χ1n) is 7.70. The number of benzene rings is 1. The molecule has 0 aliphatic carbocycles. The van der Waals surface area contributed by atoms with Crippen molar-refractivity contribution in [1.82, 2.24) is 10.6 Å². The first-order valence-corrected chi connectivity index (χ1v) is 7.70. The summed E-state index contributed by atoms with van der Waals surface area (Å²) in [5.41, 5.74) is 1.22.